The Kier molecular flexibility index (Phi) is 5.32. The van der Waals surface area contributed by atoms with Crippen molar-refractivity contribution in [3.63, 3.8) is 0 Å². The van der Waals surface area contributed by atoms with Gasteiger partial charge in [0.15, 0.2) is 5.75 Å². The van der Waals surface area contributed by atoms with Crippen LogP contribution in [0.5, 0.6) is 11.5 Å². The first-order valence-electron chi connectivity index (χ1n) is 6.63. The number of aliphatic imine (C=N–C) groups is 1. The van der Waals surface area contributed by atoms with E-state index in [9.17, 15) is 9.65 Å². The van der Waals surface area contributed by atoms with Gasteiger partial charge in [-0.1, -0.05) is 23.3 Å². The van der Waals surface area contributed by atoms with Gasteiger partial charge < -0.3 is 9.57 Å². The van der Waals surface area contributed by atoms with Crippen molar-refractivity contribution in [1.29, 1.82) is 5.26 Å². The summed E-state index contributed by atoms with van der Waals surface area (Å²) in [5.41, 5.74) is 0. The molecule has 22 heavy (non-hydrogen) atoms. The lowest BCUT2D eigenvalue weighted by molar-refractivity contribution is 0.0613. The molecule has 2 rings (SSSR count). The van der Waals surface area contributed by atoms with E-state index in [1.165, 1.54) is 24.3 Å². The third-order valence-corrected chi connectivity index (χ3v) is 2.52. The fourth-order valence-electron chi connectivity index (χ4n) is 1.57. The lowest BCUT2D eigenvalue weighted by atomic mass is 10.3. The molecule has 2 aromatic carbocycles. The van der Waals surface area contributed by atoms with Crippen LogP contribution in [-0.4, -0.2) is 17.6 Å². The van der Waals surface area contributed by atoms with E-state index in [0.29, 0.717) is 18.0 Å². The molecule has 0 N–H and O–H groups in total. The Balaban J connectivity index is 2.16. The first-order chi connectivity index (χ1) is 10.7. The van der Waals surface area contributed by atoms with Gasteiger partial charge in [0.25, 0.3) is 0 Å². The number of hydroxylamine groups is 2. The maximum absolute atomic E-state index is 12.9. The van der Waals surface area contributed by atoms with E-state index in [4.69, 9.17) is 9.57 Å². The number of rotatable bonds is 4. The van der Waals surface area contributed by atoms with Gasteiger partial charge in [0.1, 0.15) is 11.6 Å². The number of nitrogens with zero attached hydrogens (tertiary/aromatic N) is 3. The highest BCUT2D eigenvalue weighted by molar-refractivity contribution is 5.77. The van der Waals surface area contributed by atoms with Crippen molar-refractivity contribution in [1.82, 2.24) is 5.06 Å². The summed E-state index contributed by atoms with van der Waals surface area (Å²) in [7, 11) is 0. The van der Waals surface area contributed by atoms with Crippen LogP contribution in [0.2, 0.25) is 0 Å². The van der Waals surface area contributed by atoms with Crippen LogP contribution in [0.25, 0.3) is 0 Å². The van der Waals surface area contributed by atoms with Crippen molar-refractivity contribution in [2.24, 2.45) is 4.99 Å². The van der Waals surface area contributed by atoms with Crippen molar-refractivity contribution in [2.45, 2.75) is 6.92 Å². The molecule has 0 aromatic heterocycles. The summed E-state index contributed by atoms with van der Waals surface area (Å²) in [5, 5.41) is 10.1. The van der Waals surface area contributed by atoms with Crippen molar-refractivity contribution < 1.29 is 14.0 Å². The summed E-state index contributed by atoms with van der Waals surface area (Å²) in [6, 6.07) is 14.2. The molecule has 5 nitrogen and oxygen atoms in total. The zero-order chi connectivity index (χ0) is 15.8. The molecule has 0 unspecified atom stereocenters. The number of benzene rings is 2. The number of ether oxygens (including phenoxy) is 1. The zero-order valence-electron chi connectivity index (χ0n) is 11.9. The van der Waals surface area contributed by atoms with Crippen LogP contribution < -0.4 is 9.57 Å². The lowest BCUT2D eigenvalue weighted by Crippen LogP contribution is -2.34. The standard InChI is InChI=1S/C16H14FN3O2/c1-2-19-16(21-14-6-4-3-5-7-14)20(12-18)22-15-10-8-13(17)9-11-15/h3-11H,2H2,1H3. The van der Waals surface area contributed by atoms with Crippen molar-refractivity contribution >= 4 is 6.02 Å². The van der Waals surface area contributed by atoms with Gasteiger partial charge in [-0.05, 0) is 43.3 Å². The minimum Gasteiger partial charge on any atom is -0.423 e. The summed E-state index contributed by atoms with van der Waals surface area (Å²) in [5.74, 6) is 0.430. The van der Waals surface area contributed by atoms with Crippen LogP contribution in [0.1, 0.15) is 6.92 Å². The van der Waals surface area contributed by atoms with Gasteiger partial charge in [-0.15, -0.1) is 0 Å². The second-order valence-corrected chi connectivity index (χ2v) is 4.11. The topological polar surface area (TPSA) is 57.8 Å². The number of hydrogen-bond acceptors (Lipinski definition) is 4. The van der Waals surface area contributed by atoms with Gasteiger partial charge in [-0.2, -0.15) is 5.26 Å². The summed E-state index contributed by atoms with van der Waals surface area (Å²) in [4.78, 5) is 9.46. The first-order valence-corrected chi connectivity index (χ1v) is 6.63. The van der Waals surface area contributed by atoms with Gasteiger partial charge >= 0.3 is 6.02 Å². The second kappa shape index (κ2) is 7.64. The smallest absolute Gasteiger partial charge is 0.342 e. The average Bonchev–Trinajstić information content (AvgIpc) is 2.55. The molecule has 0 heterocycles. The van der Waals surface area contributed by atoms with Crippen molar-refractivity contribution in [3.05, 3.63) is 60.4 Å². The van der Waals surface area contributed by atoms with E-state index < -0.39 is 0 Å². The van der Waals surface area contributed by atoms with E-state index in [2.05, 4.69) is 4.99 Å². The van der Waals surface area contributed by atoms with E-state index in [0.717, 1.165) is 5.06 Å². The SMILES string of the molecule is CCN=C(Oc1ccccc1)N(C#N)Oc1ccc(F)cc1. The molecule has 0 aliphatic carbocycles. The highest BCUT2D eigenvalue weighted by atomic mass is 19.1. The summed E-state index contributed by atoms with van der Waals surface area (Å²) in [6.07, 6.45) is 1.83. The molecule has 0 amide bonds. The van der Waals surface area contributed by atoms with E-state index in [-0.39, 0.29) is 11.8 Å². The van der Waals surface area contributed by atoms with Crippen molar-refractivity contribution in [3.8, 4) is 17.7 Å². The molecule has 0 fully saturated rings. The third kappa shape index (κ3) is 4.21. The van der Waals surface area contributed by atoms with Crippen LogP contribution >= 0.6 is 0 Å². The van der Waals surface area contributed by atoms with E-state index in [1.54, 1.807) is 24.3 Å². The lowest BCUT2D eigenvalue weighted by Gasteiger charge is -2.17. The molecule has 0 bridgehead atoms. The zero-order valence-corrected chi connectivity index (χ0v) is 11.9. The molecular weight excluding hydrogens is 285 g/mol. The Bertz CT molecular complexity index is 666. The number of nitriles is 1. The Morgan fingerprint density at radius 3 is 2.41 bits per heavy atom. The van der Waals surface area contributed by atoms with Gasteiger partial charge in [0, 0.05) is 6.54 Å². The van der Waals surface area contributed by atoms with Gasteiger partial charge in [0.2, 0.25) is 6.19 Å². The predicted octanol–water partition coefficient (Wildman–Crippen LogP) is 3.36. The Hall–Kier alpha value is -3.07. The Morgan fingerprint density at radius 1 is 1.14 bits per heavy atom. The van der Waals surface area contributed by atoms with Crippen LogP contribution in [0.4, 0.5) is 4.39 Å². The van der Waals surface area contributed by atoms with E-state index in [1.807, 2.05) is 19.2 Å². The molecular formula is C16H14FN3O2. The number of amidine groups is 1. The molecule has 0 saturated carbocycles. The fourth-order valence-corrected chi connectivity index (χ4v) is 1.57. The maximum Gasteiger partial charge on any atom is 0.342 e. The molecule has 6 heteroatoms. The number of halogens is 1. The minimum absolute atomic E-state index is 0.000486. The Labute approximate surface area is 127 Å². The van der Waals surface area contributed by atoms with Gasteiger partial charge in [-0.3, -0.25) is 0 Å². The molecule has 112 valence electrons. The largest absolute Gasteiger partial charge is 0.423 e. The van der Waals surface area contributed by atoms with Crippen LogP contribution in [0.3, 0.4) is 0 Å². The third-order valence-electron chi connectivity index (χ3n) is 2.52. The monoisotopic (exact) mass is 299 g/mol. The minimum atomic E-state index is -0.390. The molecule has 0 radical (unpaired) electrons. The summed E-state index contributed by atoms with van der Waals surface area (Å²) in [6.45, 7) is 2.22. The summed E-state index contributed by atoms with van der Waals surface area (Å²) < 4.78 is 18.4. The molecule has 2 aromatic rings. The molecule has 0 atom stereocenters. The van der Waals surface area contributed by atoms with E-state index >= 15 is 0 Å². The maximum atomic E-state index is 12.9. The van der Waals surface area contributed by atoms with Gasteiger partial charge in [-0.25, -0.2) is 9.38 Å². The second-order valence-electron chi connectivity index (χ2n) is 4.11. The first kappa shape index (κ1) is 15.3. The highest BCUT2D eigenvalue weighted by Crippen LogP contribution is 2.15. The molecule has 0 saturated heterocycles. The molecule has 0 spiro atoms. The van der Waals surface area contributed by atoms with Crippen LogP contribution in [0, 0.1) is 17.3 Å². The Morgan fingerprint density at radius 2 is 1.82 bits per heavy atom. The number of hydrogen-bond donors (Lipinski definition) is 0. The fraction of sp³-hybridized carbons (Fsp3) is 0.125. The summed E-state index contributed by atoms with van der Waals surface area (Å²) >= 11 is 0. The molecule has 0 aliphatic heterocycles. The molecule has 0 aliphatic rings. The van der Waals surface area contributed by atoms with Gasteiger partial charge in [0.05, 0.1) is 0 Å². The predicted molar refractivity (Wildman–Crippen MR) is 79.5 cm³/mol. The number of para-hydroxylation sites is 1. The quantitative estimate of drug-likeness (QED) is 0.285. The highest BCUT2D eigenvalue weighted by Gasteiger charge is 2.16. The van der Waals surface area contributed by atoms with Crippen LogP contribution in [0.15, 0.2) is 59.6 Å². The van der Waals surface area contributed by atoms with Crippen molar-refractivity contribution in [2.75, 3.05) is 6.54 Å². The normalized spacial score (nSPS) is 10.7. The van der Waals surface area contributed by atoms with Crippen LogP contribution in [-0.2, 0) is 0 Å². The average molecular weight is 299 g/mol.